The number of carbonyl (C=O) groups excluding carboxylic acids is 1. The van der Waals surface area contributed by atoms with Crippen LogP contribution in [0.3, 0.4) is 0 Å². The van der Waals surface area contributed by atoms with Gasteiger partial charge in [-0.2, -0.15) is 0 Å². The molecule has 3 rings (SSSR count). The summed E-state index contributed by atoms with van der Waals surface area (Å²) in [4.78, 5) is 24.4. The molecule has 0 saturated heterocycles. The molecule has 1 amide bonds. The summed E-state index contributed by atoms with van der Waals surface area (Å²) in [6, 6.07) is 12.3. The number of hydrogen-bond acceptors (Lipinski definition) is 4. The van der Waals surface area contributed by atoms with Crippen LogP contribution in [0.25, 0.3) is 10.9 Å². The number of nitrogens with one attached hydrogen (secondary N) is 1. The maximum absolute atomic E-state index is 12.3. The van der Waals surface area contributed by atoms with Crippen LogP contribution in [-0.2, 0) is 11.3 Å². The Morgan fingerprint density at radius 2 is 2.00 bits per heavy atom. The van der Waals surface area contributed by atoms with Gasteiger partial charge in [0.1, 0.15) is 5.52 Å². The van der Waals surface area contributed by atoms with Crippen molar-refractivity contribution < 1.29 is 4.79 Å². The highest BCUT2D eigenvalue weighted by Crippen LogP contribution is 2.22. The van der Waals surface area contributed by atoms with Gasteiger partial charge in [-0.15, -0.1) is 5.10 Å². The number of aromatic nitrogens is 3. The van der Waals surface area contributed by atoms with Crippen molar-refractivity contribution in [3.05, 3.63) is 63.4 Å². The molecular weight excluding hydrogens is 328 g/mol. The van der Waals surface area contributed by atoms with Gasteiger partial charge in [-0.05, 0) is 36.8 Å². The van der Waals surface area contributed by atoms with Gasteiger partial charge in [-0.1, -0.05) is 35.0 Å². The van der Waals surface area contributed by atoms with Crippen LogP contribution in [-0.4, -0.2) is 20.9 Å². The Bertz CT molecular complexity index is 968. The van der Waals surface area contributed by atoms with E-state index < -0.39 is 0 Å². The average molecular weight is 343 g/mol. The Labute approximate surface area is 143 Å². The van der Waals surface area contributed by atoms with Crippen LogP contribution >= 0.6 is 11.6 Å². The van der Waals surface area contributed by atoms with E-state index >= 15 is 0 Å². The van der Waals surface area contributed by atoms with Gasteiger partial charge < -0.3 is 5.32 Å². The molecule has 6 nitrogen and oxygen atoms in total. The number of aryl methyl sites for hydroxylation is 1. The molecule has 2 aromatic carbocycles. The van der Waals surface area contributed by atoms with E-state index in [0.717, 1.165) is 5.56 Å². The normalized spacial score (nSPS) is 10.8. The van der Waals surface area contributed by atoms with E-state index in [9.17, 15) is 9.59 Å². The second-order valence-electron chi connectivity index (χ2n) is 5.35. The molecule has 7 heteroatoms. The smallest absolute Gasteiger partial charge is 0.277 e. The minimum atomic E-state index is -0.257. The lowest BCUT2D eigenvalue weighted by atomic mass is 10.2. The largest absolute Gasteiger partial charge is 0.326 e. The van der Waals surface area contributed by atoms with Crippen molar-refractivity contribution in [3.8, 4) is 0 Å². The van der Waals surface area contributed by atoms with Gasteiger partial charge in [-0.25, -0.2) is 4.68 Å². The number of halogens is 1. The quantitative estimate of drug-likeness (QED) is 0.791. The summed E-state index contributed by atoms with van der Waals surface area (Å²) < 4.78 is 1.20. The summed E-state index contributed by atoms with van der Waals surface area (Å²) in [5, 5.41) is 11.7. The summed E-state index contributed by atoms with van der Waals surface area (Å²) in [7, 11) is 0. The number of anilines is 1. The monoisotopic (exact) mass is 342 g/mol. The van der Waals surface area contributed by atoms with Crippen molar-refractivity contribution in [2.45, 2.75) is 19.9 Å². The summed E-state index contributed by atoms with van der Waals surface area (Å²) in [6.07, 6.45) is 0.110. The molecule has 1 aromatic heterocycles. The molecule has 0 unspecified atom stereocenters. The summed E-state index contributed by atoms with van der Waals surface area (Å²) in [6.45, 7) is 1.99. The Hall–Kier alpha value is -2.73. The molecule has 0 fully saturated rings. The molecule has 0 aliphatic rings. The lowest BCUT2D eigenvalue weighted by Gasteiger charge is -2.09. The summed E-state index contributed by atoms with van der Waals surface area (Å²) in [5.74, 6) is -0.220. The first-order valence-electron chi connectivity index (χ1n) is 7.44. The molecule has 1 heterocycles. The third-order valence-corrected chi connectivity index (χ3v) is 4.13. The molecule has 1 N–H and O–H groups in total. The molecular formula is C17H15ClN4O2. The van der Waals surface area contributed by atoms with Crippen LogP contribution in [0, 0.1) is 6.92 Å². The number of amides is 1. The molecule has 0 spiro atoms. The van der Waals surface area contributed by atoms with Gasteiger partial charge in [0.25, 0.3) is 5.56 Å². The molecule has 0 atom stereocenters. The minimum absolute atomic E-state index is 0.110. The van der Waals surface area contributed by atoms with Gasteiger partial charge in [0, 0.05) is 17.1 Å². The summed E-state index contributed by atoms with van der Waals surface area (Å²) in [5.41, 5.74) is 1.74. The molecule has 0 bridgehead atoms. The molecule has 0 radical (unpaired) electrons. The van der Waals surface area contributed by atoms with Crippen molar-refractivity contribution in [1.29, 1.82) is 0 Å². The topological polar surface area (TPSA) is 76.9 Å². The number of benzene rings is 2. The first-order chi connectivity index (χ1) is 11.6. The number of nitrogens with zero attached hydrogens (tertiary/aromatic N) is 3. The maximum atomic E-state index is 12.3. The zero-order valence-electron chi connectivity index (χ0n) is 13.0. The van der Waals surface area contributed by atoms with E-state index in [-0.39, 0.29) is 24.4 Å². The highest BCUT2D eigenvalue weighted by atomic mass is 35.5. The standard InChI is InChI=1S/C17H15ClN4O2/c1-11-13(18)6-4-8-14(11)19-16(23)9-10-22-17(24)12-5-2-3-7-15(12)20-21-22/h2-8H,9-10H2,1H3,(H,19,23). The molecule has 122 valence electrons. The Morgan fingerprint density at radius 3 is 2.83 bits per heavy atom. The van der Waals surface area contributed by atoms with Crippen LogP contribution in [0.2, 0.25) is 5.02 Å². The number of hydrogen-bond donors (Lipinski definition) is 1. The zero-order valence-corrected chi connectivity index (χ0v) is 13.7. The van der Waals surface area contributed by atoms with Crippen molar-refractivity contribution >= 4 is 34.1 Å². The fraction of sp³-hybridized carbons (Fsp3) is 0.176. The van der Waals surface area contributed by atoms with Gasteiger partial charge in [0.2, 0.25) is 5.91 Å². The number of carbonyl (C=O) groups is 1. The van der Waals surface area contributed by atoms with Crippen molar-refractivity contribution in [2.75, 3.05) is 5.32 Å². The number of fused-ring (bicyclic) bond motifs is 1. The minimum Gasteiger partial charge on any atom is -0.326 e. The fourth-order valence-corrected chi connectivity index (χ4v) is 2.51. The summed E-state index contributed by atoms with van der Waals surface area (Å²) >= 11 is 6.03. The van der Waals surface area contributed by atoms with Crippen LogP contribution in [0.15, 0.2) is 47.3 Å². The molecule has 0 aliphatic heterocycles. The van der Waals surface area contributed by atoms with E-state index in [2.05, 4.69) is 15.6 Å². The first-order valence-corrected chi connectivity index (χ1v) is 7.81. The SMILES string of the molecule is Cc1c(Cl)cccc1NC(=O)CCn1nnc2ccccc2c1=O. The Kier molecular flexibility index (Phi) is 4.57. The van der Waals surface area contributed by atoms with Crippen LogP contribution in [0.1, 0.15) is 12.0 Å². The van der Waals surface area contributed by atoms with E-state index in [1.54, 1.807) is 42.5 Å². The van der Waals surface area contributed by atoms with Crippen LogP contribution in [0.4, 0.5) is 5.69 Å². The number of rotatable bonds is 4. The average Bonchev–Trinajstić information content (AvgIpc) is 2.59. The van der Waals surface area contributed by atoms with Crippen LogP contribution in [0.5, 0.6) is 0 Å². The second-order valence-corrected chi connectivity index (χ2v) is 5.75. The highest BCUT2D eigenvalue weighted by molar-refractivity contribution is 6.31. The van der Waals surface area contributed by atoms with E-state index in [0.29, 0.717) is 21.6 Å². The molecule has 0 aliphatic carbocycles. The van der Waals surface area contributed by atoms with Gasteiger partial charge in [-0.3, -0.25) is 9.59 Å². The molecule has 3 aromatic rings. The van der Waals surface area contributed by atoms with E-state index in [1.807, 2.05) is 6.92 Å². The van der Waals surface area contributed by atoms with Gasteiger partial charge >= 0.3 is 0 Å². The first kappa shape index (κ1) is 16.1. The van der Waals surface area contributed by atoms with Gasteiger partial charge in [0.05, 0.1) is 11.9 Å². The second kappa shape index (κ2) is 6.80. The van der Waals surface area contributed by atoms with Crippen LogP contribution < -0.4 is 10.9 Å². The van der Waals surface area contributed by atoms with Crippen molar-refractivity contribution in [2.24, 2.45) is 0 Å². The molecule has 0 saturated carbocycles. The maximum Gasteiger partial charge on any atom is 0.277 e. The third kappa shape index (κ3) is 3.28. The third-order valence-electron chi connectivity index (χ3n) is 3.72. The predicted molar refractivity (Wildman–Crippen MR) is 93.2 cm³/mol. The van der Waals surface area contributed by atoms with E-state index in [1.165, 1.54) is 4.68 Å². The Balaban J connectivity index is 1.72. The fourth-order valence-electron chi connectivity index (χ4n) is 2.33. The Morgan fingerprint density at radius 1 is 1.21 bits per heavy atom. The lowest BCUT2D eigenvalue weighted by Crippen LogP contribution is -2.26. The highest BCUT2D eigenvalue weighted by Gasteiger charge is 2.09. The lowest BCUT2D eigenvalue weighted by molar-refractivity contribution is -0.116. The van der Waals surface area contributed by atoms with Gasteiger partial charge in [0.15, 0.2) is 0 Å². The zero-order chi connectivity index (χ0) is 17.1. The predicted octanol–water partition coefficient (Wildman–Crippen LogP) is 2.78. The molecule has 24 heavy (non-hydrogen) atoms. The van der Waals surface area contributed by atoms with Crippen molar-refractivity contribution in [3.63, 3.8) is 0 Å². The van der Waals surface area contributed by atoms with E-state index in [4.69, 9.17) is 11.6 Å². The van der Waals surface area contributed by atoms with Crippen molar-refractivity contribution in [1.82, 2.24) is 15.0 Å².